The summed E-state index contributed by atoms with van der Waals surface area (Å²) >= 11 is 0. The molecule has 0 bridgehead atoms. The first kappa shape index (κ1) is 23.2. The molecule has 1 fully saturated rings. The van der Waals surface area contributed by atoms with Crippen LogP contribution < -0.4 is 10.1 Å². The van der Waals surface area contributed by atoms with Crippen molar-refractivity contribution in [1.82, 2.24) is 10.2 Å². The smallest absolute Gasteiger partial charge is 0.258 e. The first-order valence-corrected chi connectivity index (χ1v) is 10.3. The summed E-state index contributed by atoms with van der Waals surface area (Å²) in [5.41, 5.74) is 4.80. The highest BCUT2D eigenvalue weighted by atomic mass is 35.5. The number of halogens is 1. The molecule has 0 saturated carbocycles. The fraction of sp³-hybridized carbons (Fsp3) is 0.458. The van der Waals surface area contributed by atoms with Crippen molar-refractivity contribution >= 4 is 18.3 Å². The van der Waals surface area contributed by atoms with Gasteiger partial charge in [-0.2, -0.15) is 0 Å². The first-order valence-electron chi connectivity index (χ1n) is 10.3. The average Bonchev–Trinajstić information content (AvgIpc) is 2.68. The minimum absolute atomic E-state index is 0. The summed E-state index contributed by atoms with van der Waals surface area (Å²) in [5.74, 6) is 0.673. The molecule has 1 saturated heterocycles. The van der Waals surface area contributed by atoms with Crippen LogP contribution in [0, 0.1) is 20.8 Å². The number of amides is 1. The van der Waals surface area contributed by atoms with Crippen molar-refractivity contribution in [2.45, 2.75) is 46.1 Å². The molecule has 0 aromatic heterocycles. The van der Waals surface area contributed by atoms with Gasteiger partial charge in [0.2, 0.25) is 0 Å². The fourth-order valence-electron chi connectivity index (χ4n) is 3.90. The number of rotatable bonds is 7. The van der Waals surface area contributed by atoms with E-state index in [1.165, 1.54) is 30.4 Å². The Morgan fingerprint density at radius 2 is 1.59 bits per heavy atom. The lowest BCUT2D eigenvalue weighted by Gasteiger charge is -2.35. The van der Waals surface area contributed by atoms with Crippen LogP contribution in [0.25, 0.3) is 0 Å². The maximum Gasteiger partial charge on any atom is 0.258 e. The number of nitrogens with one attached hydrogen (secondary N) is 1. The van der Waals surface area contributed by atoms with E-state index in [1.54, 1.807) is 0 Å². The van der Waals surface area contributed by atoms with E-state index in [2.05, 4.69) is 47.5 Å². The summed E-state index contributed by atoms with van der Waals surface area (Å²) in [5, 5.41) is 3.09. The predicted molar refractivity (Wildman–Crippen MR) is 121 cm³/mol. The Morgan fingerprint density at radius 1 is 0.966 bits per heavy atom. The van der Waals surface area contributed by atoms with E-state index in [4.69, 9.17) is 4.74 Å². The fourth-order valence-corrected chi connectivity index (χ4v) is 3.90. The minimum Gasteiger partial charge on any atom is -0.484 e. The molecule has 5 heteroatoms. The van der Waals surface area contributed by atoms with E-state index in [1.807, 2.05) is 26.0 Å². The van der Waals surface area contributed by atoms with Gasteiger partial charge in [-0.15, -0.1) is 12.4 Å². The van der Waals surface area contributed by atoms with E-state index in [9.17, 15) is 4.79 Å². The molecule has 1 amide bonds. The molecule has 1 atom stereocenters. The molecule has 1 N–H and O–H groups in total. The molecule has 1 heterocycles. The number of ether oxygens (including phenoxy) is 1. The molecular formula is C24H33ClN2O2. The summed E-state index contributed by atoms with van der Waals surface area (Å²) in [4.78, 5) is 14.9. The van der Waals surface area contributed by atoms with Crippen LogP contribution in [0.1, 0.15) is 47.6 Å². The Bertz CT molecular complexity index is 766. The topological polar surface area (TPSA) is 41.6 Å². The number of aryl methyl sites for hydroxylation is 3. The van der Waals surface area contributed by atoms with Crippen LogP contribution in [0.15, 0.2) is 42.5 Å². The van der Waals surface area contributed by atoms with Crippen LogP contribution in [0.4, 0.5) is 0 Å². The van der Waals surface area contributed by atoms with Gasteiger partial charge >= 0.3 is 0 Å². The summed E-state index contributed by atoms with van der Waals surface area (Å²) < 4.78 is 5.70. The van der Waals surface area contributed by atoms with Gasteiger partial charge in [0.05, 0.1) is 6.04 Å². The lowest BCUT2D eigenvalue weighted by Crippen LogP contribution is -2.41. The maximum atomic E-state index is 12.4. The van der Waals surface area contributed by atoms with Gasteiger partial charge in [0.15, 0.2) is 6.61 Å². The molecule has 1 aliphatic heterocycles. The number of hydrogen-bond donors (Lipinski definition) is 1. The molecule has 0 aliphatic carbocycles. The summed E-state index contributed by atoms with van der Waals surface area (Å²) in [6.45, 7) is 9.00. The van der Waals surface area contributed by atoms with Crippen molar-refractivity contribution in [3.63, 3.8) is 0 Å². The van der Waals surface area contributed by atoms with Gasteiger partial charge in [0.1, 0.15) is 5.75 Å². The number of likely N-dealkylation sites (tertiary alicyclic amines) is 1. The number of piperidine rings is 1. The zero-order chi connectivity index (χ0) is 19.9. The van der Waals surface area contributed by atoms with E-state index in [0.717, 1.165) is 30.0 Å². The summed E-state index contributed by atoms with van der Waals surface area (Å²) in [6, 6.07) is 14.9. The molecule has 4 nitrogen and oxygen atoms in total. The number of nitrogens with zero attached hydrogens (tertiary/aromatic N) is 1. The molecular weight excluding hydrogens is 384 g/mol. The summed E-state index contributed by atoms with van der Waals surface area (Å²) in [6.07, 6.45) is 3.76. The Balaban J connectivity index is 0.00000300. The Morgan fingerprint density at radius 3 is 2.21 bits per heavy atom. The second-order valence-corrected chi connectivity index (χ2v) is 7.94. The molecule has 0 spiro atoms. The SMILES string of the molecule is Cc1ccc(C(CNC(=O)COc2cc(C)cc(C)c2)N2CCCCC2)cc1.Cl. The second kappa shape index (κ2) is 11.2. The molecule has 29 heavy (non-hydrogen) atoms. The number of carbonyl (C=O) groups is 1. The van der Waals surface area contributed by atoms with Crippen LogP contribution in [-0.2, 0) is 4.79 Å². The number of hydrogen-bond acceptors (Lipinski definition) is 3. The lowest BCUT2D eigenvalue weighted by atomic mass is 10.0. The number of benzene rings is 2. The Hall–Kier alpha value is -2.04. The zero-order valence-corrected chi connectivity index (χ0v) is 18.6. The molecule has 158 valence electrons. The molecule has 0 radical (unpaired) electrons. The van der Waals surface area contributed by atoms with Crippen LogP contribution in [-0.4, -0.2) is 37.0 Å². The second-order valence-electron chi connectivity index (χ2n) is 7.94. The van der Waals surface area contributed by atoms with Crippen molar-refractivity contribution in [2.75, 3.05) is 26.2 Å². The van der Waals surface area contributed by atoms with Crippen molar-refractivity contribution in [1.29, 1.82) is 0 Å². The monoisotopic (exact) mass is 416 g/mol. The highest BCUT2D eigenvalue weighted by molar-refractivity contribution is 5.85. The lowest BCUT2D eigenvalue weighted by molar-refractivity contribution is -0.123. The van der Waals surface area contributed by atoms with Gasteiger partial charge in [-0.3, -0.25) is 9.69 Å². The van der Waals surface area contributed by atoms with E-state index < -0.39 is 0 Å². The average molecular weight is 417 g/mol. The third-order valence-electron chi connectivity index (χ3n) is 5.35. The zero-order valence-electron chi connectivity index (χ0n) is 17.7. The van der Waals surface area contributed by atoms with Crippen LogP contribution >= 0.6 is 12.4 Å². The molecule has 3 rings (SSSR count). The molecule has 1 aliphatic rings. The number of carbonyl (C=O) groups excluding carboxylic acids is 1. The Kier molecular flexibility index (Phi) is 8.99. The van der Waals surface area contributed by atoms with Crippen molar-refractivity contribution in [2.24, 2.45) is 0 Å². The Labute approximate surface area is 181 Å². The third kappa shape index (κ3) is 7.06. The van der Waals surface area contributed by atoms with Crippen LogP contribution in [0.3, 0.4) is 0 Å². The van der Waals surface area contributed by atoms with Gasteiger partial charge in [0, 0.05) is 6.54 Å². The van der Waals surface area contributed by atoms with Gasteiger partial charge in [0.25, 0.3) is 5.91 Å². The standard InChI is InChI=1S/C24H32N2O2.ClH/c1-18-7-9-21(10-8-18)23(26-11-5-4-6-12-26)16-25-24(27)17-28-22-14-19(2)13-20(3)15-22;/h7-10,13-15,23H,4-6,11-12,16-17H2,1-3H3,(H,25,27);1H. The highest BCUT2D eigenvalue weighted by Crippen LogP contribution is 2.24. The van der Waals surface area contributed by atoms with E-state index >= 15 is 0 Å². The highest BCUT2D eigenvalue weighted by Gasteiger charge is 2.22. The van der Waals surface area contributed by atoms with Crippen molar-refractivity contribution < 1.29 is 9.53 Å². The van der Waals surface area contributed by atoms with Crippen LogP contribution in [0.5, 0.6) is 5.75 Å². The van der Waals surface area contributed by atoms with Gasteiger partial charge < -0.3 is 10.1 Å². The first-order chi connectivity index (χ1) is 13.5. The normalized spacial score (nSPS) is 15.3. The third-order valence-corrected chi connectivity index (χ3v) is 5.35. The molecule has 2 aromatic carbocycles. The van der Waals surface area contributed by atoms with E-state index in [0.29, 0.717) is 6.54 Å². The quantitative estimate of drug-likeness (QED) is 0.707. The maximum absolute atomic E-state index is 12.4. The summed E-state index contributed by atoms with van der Waals surface area (Å²) in [7, 11) is 0. The molecule has 2 aromatic rings. The largest absolute Gasteiger partial charge is 0.484 e. The van der Waals surface area contributed by atoms with Gasteiger partial charge in [-0.1, -0.05) is 42.3 Å². The minimum atomic E-state index is -0.0757. The molecule has 1 unspecified atom stereocenters. The van der Waals surface area contributed by atoms with Crippen molar-refractivity contribution in [3.05, 3.63) is 64.7 Å². The van der Waals surface area contributed by atoms with Gasteiger partial charge in [-0.25, -0.2) is 0 Å². The van der Waals surface area contributed by atoms with Crippen molar-refractivity contribution in [3.8, 4) is 5.75 Å². The van der Waals surface area contributed by atoms with Crippen LogP contribution in [0.2, 0.25) is 0 Å². The predicted octanol–water partition coefficient (Wildman–Crippen LogP) is 4.76. The van der Waals surface area contributed by atoms with Gasteiger partial charge in [-0.05, 0) is 75.5 Å². The van der Waals surface area contributed by atoms with E-state index in [-0.39, 0.29) is 31.0 Å².